The maximum Gasteiger partial charge on any atom is 0.338 e. The number of hydrogen-bond donors (Lipinski definition) is 0. The van der Waals surface area contributed by atoms with E-state index in [1.54, 1.807) is 23.1 Å². The predicted octanol–water partition coefficient (Wildman–Crippen LogP) is 5.40. The minimum Gasteiger partial charge on any atom is -0.462 e. The Morgan fingerprint density at radius 3 is 2.70 bits per heavy atom. The third-order valence-electron chi connectivity index (χ3n) is 3.30. The lowest BCUT2D eigenvalue weighted by molar-refractivity contribution is 0.0499. The minimum atomic E-state index is -0.255. The van der Waals surface area contributed by atoms with Gasteiger partial charge in [0, 0.05) is 4.90 Å². The quantitative estimate of drug-likeness (QED) is 0.443. The van der Waals surface area contributed by atoms with Crippen LogP contribution in [0, 0.1) is 0 Å². The molecule has 3 nitrogen and oxygen atoms in total. The van der Waals surface area contributed by atoms with Gasteiger partial charge in [-0.2, -0.15) is 0 Å². The Hall–Kier alpha value is -1.85. The number of para-hydroxylation sites is 1. The summed E-state index contributed by atoms with van der Waals surface area (Å²) in [7, 11) is 0. The second-order valence-electron chi connectivity index (χ2n) is 5.06. The smallest absolute Gasteiger partial charge is 0.338 e. The molecule has 0 amide bonds. The second kappa shape index (κ2) is 7.62. The summed E-state index contributed by atoms with van der Waals surface area (Å²) in [5.41, 5.74) is 1.62. The summed E-state index contributed by atoms with van der Waals surface area (Å²) in [6.45, 7) is 2.55. The van der Waals surface area contributed by atoms with Gasteiger partial charge < -0.3 is 4.74 Å². The van der Waals surface area contributed by atoms with E-state index >= 15 is 0 Å². The molecule has 0 radical (unpaired) electrons. The van der Waals surface area contributed by atoms with Crippen LogP contribution in [0.25, 0.3) is 10.2 Å². The number of thiazole rings is 1. The zero-order valence-corrected chi connectivity index (χ0v) is 14.5. The van der Waals surface area contributed by atoms with Gasteiger partial charge in [-0.3, -0.25) is 0 Å². The Morgan fingerprint density at radius 1 is 1.17 bits per heavy atom. The number of hydrogen-bond acceptors (Lipinski definition) is 5. The van der Waals surface area contributed by atoms with Crippen LogP contribution in [0.3, 0.4) is 0 Å². The molecule has 0 atom stereocenters. The van der Waals surface area contributed by atoms with Gasteiger partial charge in [0.1, 0.15) is 0 Å². The first kappa shape index (κ1) is 16.0. The Balaban J connectivity index is 1.66. The first-order chi connectivity index (χ1) is 11.3. The predicted molar refractivity (Wildman–Crippen MR) is 95.4 cm³/mol. The van der Waals surface area contributed by atoms with Crippen molar-refractivity contribution in [2.24, 2.45) is 0 Å². The normalized spacial score (nSPS) is 10.8. The van der Waals surface area contributed by atoms with Crippen LogP contribution in [0.1, 0.15) is 30.1 Å². The molecule has 3 aromatic rings. The van der Waals surface area contributed by atoms with Crippen molar-refractivity contribution in [1.29, 1.82) is 0 Å². The van der Waals surface area contributed by atoms with E-state index < -0.39 is 0 Å². The largest absolute Gasteiger partial charge is 0.462 e. The van der Waals surface area contributed by atoms with Crippen molar-refractivity contribution in [2.45, 2.75) is 29.0 Å². The number of unbranched alkanes of at least 4 members (excludes halogenated alkanes) is 1. The average molecular weight is 343 g/mol. The standard InChI is InChI=1S/C18H17NO2S2/c1-2-3-12-21-17(20)13-8-10-14(11-9-13)22-18-19-15-6-4-5-7-16(15)23-18/h4-11H,2-3,12H2,1H3. The highest BCUT2D eigenvalue weighted by Crippen LogP contribution is 2.34. The average Bonchev–Trinajstić information content (AvgIpc) is 2.98. The van der Waals surface area contributed by atoms with Gasteiger partial charge in [0.2, 0.25) is 0 Å². The molecule has 3 rings (SSSR count). The molecular formula is C18H17NO2S2. The van der Waals surface area contributed by atoms with Crippen LogP contribution >= 0.6 is 23.1 Å². The van der Waals surface area contributed by atoms with Gasteiger partial charge in [0.15, 0.2) is 4.34 Å². The fourth-order valence-electron chi connectivity index (χ4n) is 2.05. The molecule has 0 saturated heterocycles. The Bertz CT molecular complexity index is 763. The number of aromatic nitrogens is 1. The van der Waals surface area contributed by atoms with E-state index in [9.17, 15) is 4.79 Å². The summed E-state index contributed by atoms with van der Waals surface area (Å²) in [5.74, 6) is -0.255. The summed E-state index contributed by atoms with van der Waals surface area (Å²) in [6, 6.07) is 15.6. The highest BCUT2D eigenvalue weighted by atomic mass is 32.2. The number of carbonyl (C=O) groups is 1. The Morgan fingerprint density at radius 2 is 1.96 bits per heavy atom. The van der Waals surface area contributed by atoms with Gasteiger partial charge in [0.25, 0.3) is 0 Å². The third-order valence-corrected chi connectivity index (χ3v) is 5.41. The molecule has 0 unspecified atom stereocenters. The van der Waals surface area contributed by atoms with Gasteiger partial charge in [-0.05, 0) is 42.8 Å². The van der Waals surface area contributed by atoms with Crippen molar-refractivity contribution in [3.05, 3.63) is 54.1 Å². The summed E-state index contributed by atoms with van der Waals surface area (Å²) in [5, 5.41) is 0. The fraction of sp³-hybridized carbons (Fsp3) is 0.222. The van der Waals surface area contributed by atoms with Gasteiger partial charge in [-0.15, -0.1) is 11.3 Å². The van der Waals surface area contributed by atoms with Crippen LogP contribution in [-0.4, -0.2) is 17.6 Å². The van der Waals surface area contributed by atoms with Crippen molar-refractivity contribution in [1.82, 2.24) is 4.98 Å². The zero-order valence-electron chi connectivity index (χ0n) is 12.8. The van der Waals surface area contributed by atoms with E-state index in [0.717, 1.165) is 27.6 Å². The number of ether oxygens (including phenoxy) is 1. The molecule has 118 valence electrons. The molecule has 23 heavy (non-hydrogen) atoms. The maximum absolute atomic E-state index is 11.9. The molecule has 0 fully saturated rings. The van der Waals surface area contributed by atoms with Crippen LogP contribution in [0.5, 0.6) is 0 Å². The van der Waals surface area contributed by atoms with Gasteiger partial charge in [-0.1, -0.05) is 37.2 Å². The molecule has 0 saturated carbocycles. The minimum absolute atomic E-state index is 0.255. The lowest BCUT2D eigenvalue weighted by Gasteiger charge is -2.04. The molecule has 1 aromatic heterocycles. The second-order valence-corrected chi connectivity index (χ2v) is 7.41. The third kappa shape index (κ3) is 4.12. The Kier molecular flexibility index (Phi) is 5.31. The van der Waals surface area contributed by atoms with Crippen molar-refractivity contribution in [3.8, 4) is 0 Å². The van der Waals surface area contributed by atoms with E-state index in [0.29, 0.717) is 12.2 Å². The summed E-state index contributed by atoms with van der Waals surface area (Å²) >= 11 is 3.29. The summed E-state index contributed by atoms with van der Waals surface area (Å²) in [4.78, 5) is 17.5. The fourth-order valence-corrected chi connectivity index (χ4v) is 4.09. The first-order valence-electron chi connectivity index (χ1n) is 7.57. The van der Waals surface area contributed by atoms with Crippen LogP contribution in [0.4, 0.5) is 0 Å². The summed E-state index contributed by atoms with van der Waals surface area (Å²) < 4.78 is 7.40. The first-order valence-corrected chi connectivity index (χ1v) is 9.20. The Labute approximate surface area is 143 Å². The van der Waals surface area contributed by atoms with Crippen LogP contribution in [-0.2, 0) is 4.74 Å². The zero-order chi connectivity index (χ0) is 16.1. The SMILES string of the molecule is CCCCOC(=O)c1ccc(Sc2nc3ccccc3s2)cc1. The van der Waals surface area contributed by atoms with Crippen LogP contribution < -0.4 is 0 Å². The van der Waals surface area contributed by atoms with Gasteiger partial charge in [0.05, 0.1) is 22.4 Å². The van der Waals surface area contributed by atoms with E-state index in [4.69, 9.17) is 4.74 Å². The monoisotopic (exact) mass is 343 g/mol. The maximum atomic E-state index is 11.9. The highest BCUT2D eigenvalue weighted by molar-refractivity contribution is 8.01. The number of fused-ring (bicyclic) bond motifs is 1. The van der Waals surface area contributed by atoms with E-state index in [2.05, 4.69) is 18.0 Å². The van der Waals surface area contributed by atoms with Gasteiger partial charge >= 0.3 is 5.97 Å². The molecule has 0 spiro atoms. The molecule has 0 aliphatic heterocycles. The molecule has 1 heterocycles. The van der Waals surface area contributed by atoms with E-state index in [1.165, 1.54) is 4.70 Å². The lowest BCUT2D eigenvalue weighted by Crippen LogP contribution is -2.05. The van der Waals surface area contributed by atoms with Crippen LogP contribution in [0.2, 0.25) is 0 Å². The molecule has 5 heteroatoms. The van der Waals surface area contributed by atoms with Crippen LogP contribution in [0.15, 0.2) is 57.8 Å². The number of nitrogens with zero attached hydrogens (tertiary/aromatic N) is 1. The highest BCUT2D eigenvalue weighted by Gasteiger charge is 2.08. The van der Waals surface area contributed by atoms with E-state index in [-0.39, 0.29) is 5.97 Å². The molecular weight excluding hydrogens is 326 g/mol. The van der Waals surface area contributed by atoms with Crippen molar-refractivity contribution in [2.75, 3.05) is 6.61 Å². The summed E-state index contributed by atoms with van der Waals surface area (Å²) in [6.07, 6.45) is 1.92. The number of carbonyl (C=O) groups excluding carboxylic acids is 1. The lowest BCUT2D eigenvalue weighted by atomic mass is 10.2. The molecule has 0 bridgehead atoms. The number of benzene rings is 2. The van der Waals surface area contributed by atoms with E-state index in [1.807, 2.05) is 42.5 Å². The molecule has 0 aliphatic rings. The molecule has 2 aromatic carbocycles. The van der Waals surface area contributed by atoms with Crippen molar-refractivity contribution < 1.29 is 9.53 Å². The topological polar surface area (TPSA) is 39.2 Å². The van der Waals surface area contributed by atoms with Crippen molar-refractivity contribution in [3.63, 3.8) is 0 Å². The molecule has 0 N–H and O–H groups in total. The van der Waals surface area contributed by atoms with Gasteiger partial charge in [-0.25, -0.2) is 9.78 Å². The molecule has 0 aliphatic carbocycles. The van der Waals surface area contributed by atoms with Crippen molar-refractivity contribution >= 4 is 39.3 Å². The number of rotatable bonds is 6. The number of esters is 1.